The van der Waals surface area contributed by atoms with Crippen molar-refractivity contribution in [2.45, 2.75) is 39.8 Å². The van der Waals surface area contributed by atoms with E-state index in [1.807, 2.05) is 20.8 Å². The van der Waals surface area contributed by atoms with E-state index in [4.69, 9.17) is 0 Å². The zero-order valence-corrected chi connectivity index (χ0v) is 16.7. The third-order valence-electron chi connectivity index (χ3n) is 4.62. The summed E-state index contributed by atoms with van der Waals surface area (Å²) in [7, 11) is 0. The standard InChI is InChI=1S/C22H24FN3O3/c1-22(2,3)12-18(14-8-10-15(23)11-9-14)24-19(27)13-26-20(28)16-6-4-5-7-17(16)25-21(26)29/h4-11,18H,12-13H2,1-3H3,(H,24,27)(H,25,29). The summed E-state index contributed by atoms with van der Waals surface area (Å²) in [4.78, 5) is 40.2. The van der Waals surface area contributed by atoms with E-state index >= 15 is 0 Å². The number of H-pyrrole nitrogens is 1. The van der Waals surface area contributed by atoms with Gasteiger partial charge in [0.25, 0.3) is 5.56 Å². The zero-order chi connectivity index (χ0) is 21.2. The van der Waals surface area contributed by atoms with Gasteiger partial charge < -0.3 is 10.3 Å². The molecule has 1 amide bonds. The normalized spacial score (nSPS) is 12.7. The molecule has 1 atom stereocenters. The number of para-hydroxylation sites is 1. The number of aromatic amines is 1. The number of rotatable bonds is 5. The Morgan fingerprint density at radius 3 is 2.41 bits per heavy atom. The highest BCUT2D eigenvalue weighted by atomic mass is 19.1. The van der Waals surface area contributed by atoms with E-state index in [2.05, 4.69) is 10.3 Å². The Balaban J connectivity index is 1.87. The Hall–Kier alpha value is -3.22. The van der Waals surface area contributed by atoms with Crippen molar-refractivity contribution in [2.75, 3.05) is 0 Å². The van der Waals surface area contributed by atoms with Crippen molar-refractivity contribution in [3.63, 3.8) is 0 Å². The molecule has 7 heteroatoms. The van der Waals surface area contributed by atoms with Crippen molar-refractivity contribution in [3.05, 3.63) is 80.7 Å². The number of carbonyl (C=O) groups is 1. The summed E-state index contributed by atoms with van der Waals surface area (Å²) < 4.78 is 14.2. The molecule has 1 aromatic heterocycles. The predicted molar refractivity (Wildman–Crippen MR) is 110 cm³/mol. The summed E-state index contributed by atoms with van der Waals surface area (Å²) in [5.41, 5.74) is -0.0824. The summed E-state index contributed by atoms with van der Waals surface area (Å²) in [6, 6.07) is 12.2. The van der Waals surface area contributed by atoms with Crippen molar-refractivity contribution in [2.24, 2.45) is 5.41 Å². The van der Waals surface area contributed by atoms with Gasteiger partial charge in [-0.1, -0.05) is 45.0 Å². The van der Waals surface area contributed by atoms with Gasteiger partial charge in [0.2, 0.25) is 5.91 Å². The summed E-state index contributed by atoms with van der Waals surface area (Å²) in [5, 5.41) is 3.22. The van der Waals surface area contributed by atoms with Crippen molar-refractivity contribution < 1.29 is 9.18 Å². The largest absolute Gasteiger partial charge is 0.348 e. The van der Waals surface area contributed by atoms with Gasteiger partial charge >= 0.3 is 5.69 Å². The van der Waals surface area contributed by atoms with Crippen LogP contribution in [0, 0.1) is 11.2 Å². The Labute approximate surface area is 167 Å². The van der Waals surface area contributed by atoms with Crippen molar-refractivity contribution in [1.29, 1.82) is 0 Å². The van der Waals surface area contributed by atoms with Gasteiger partial charge in [-0.2, -0.15) is 0 Å². The Bertz CT molecular complexity index is 1140. The van der Waals surface area contributed by atoms with Crippen molar-refractivity contribution in [1.82, 2.24) is 14.9 Å². The maximum absolute atomic E-state index is 13.3. The maximum Gasteiger partial charge on any atom is 0.329 e. The van der Waals surface area contributed by atoms with E-state index in [9.17, 15) is 18.8 Å². The molecule has 1 unspecified atom stereocenters. The molecule has 0 bridgehead atoms. The van der Waals surface area contributed by atoms with E-state index in [0.29, 0.717) is 17.3 Å². The van der Waals surface area contributed by atoms with E-state index in [1.165, 1.54) is 12.1 Å². The molecular formula is C22H24FN3O3. The van der Waals surface area contributed by atoms with Gasteiger partial charge in [0, 0.05) is 0 Å². The smallest absolute Gasteiger partial charge is 0.329 e. The molecule has 3 aromatic rings. The van der Waals surface area contributed by atoms with Crippen LogP contribution in [-0.4, -0.2) is 15.5 Å². The van der Waals surface area contributed by atoms with Crippen molar-refractivity contribution >= 4 is 16.8 Å². The molecule has 2 N–H and O–H groups in total. The first-order valence-electron chi connectivity index (χ1n) is 9.41. The molecule has 152 valence electrons. The van der Waals surface area contributed by atoms with Crippen LogP contribution in [0.5, 0.6) is 0 Å². The highest BCUT2D eigenvalue weighted by Crippen LogP contribution is 2.29. The lowest BCUT2D eigenvalue weighted by molar-refractivity contribution is -0.122. The molecule has 29 heavy (non-hydrogen) atoms. The number of aromatic nitrogens is 2. The van der Waals surface area contributed by atoms with E-state index < -0.39 is 23.7 Å². The summed E-state index contributed by atoms with van der Waals surface area (Å²) in [6.45, 7) is 5.71. The van der Waals surface area contributed by atoms with Crippen LogP contribution < -0.4 is 16.6 Å². The molecular weight excluding hydrogens is 373 g/mol. The van der Waals surface area contributed by atoms with Gasteiger partial charge in [-0.05, 0) is 41.7 Å². The van der Waals surface area contributed by atoms with E-state index in [-0.39, 0.29) is 17.3 Å². The van der Waals surface area contributed by atoms with Crippen LogP contribution in [0.15, 0.2) is 58.1 Å². The molecule has 0 saturated heterocycles. The average molecular weight is 397 g/mol. The van der Waals surface area contributed by atoms with E-state index in [1.54, 1.807) is 36.4 Å². The first-order chi connectivity index (χ1) is 13.6. The van der Waals surface area contributed by atoms with Gasteiger partial charge in [-0.15, -0.1) is 0 Å². The van der Waals surface area contributed by atoms with Crippen LogP contribution >= 0.6 is 0 Å². The highest BCUT2D eigenvalue weighted by molar-refractivity contribution is 5.79. The third-order valence-corrected chi connectivity index (χ3v) is 4.62. The van der Waals surface area contributed by atoms with Crippen LogP contribution in [0.1, 0.15) is 38.8 Å². The molecule has 0 saturated carbocycles. The SMILES string of the molecule is CC(C)(C)CC(NC(=O)Cn1c(=O)[nH]c2ccccc2c1=O)c1ccc(F)cc1. The van der Waals surface area contributed by atoms with Gasteiger partial charge in [0.1, 0.15) is 12.4 Å². The molecule has 3 rings (SSSR count). The van der Waals surface area contributed by atoms with E-state index in [0.717, 1.165) is 10.1 Å². The average Bonchev–Trinajstić information content (AvgIpc) is 2.64. The number of nitrogens with one attached hydrogen (secondary N) is 2. The minimum Gasteiger partial charge on any atom is -0.348 e. The lowest BCUT2D eigenvalue weighted by Gasteiger charge is -2.27. The number of halogens is 1. The van der Waals surface area contributed by atoms with Crippen LogP contribution in [0.4, 0.5) is 4.39 Å². The molecule has 0 aliphatic carbocycles. The highest BCUT2D eigenvalue weighted by Gasteiger charge is 2.23. The number of hydrogen-bond acceptors (Lipinski definition) is 3. The molecule has 0 radical (unpaired) electrons. The molecule has 0 spiro atoms. The molecule has 1 heterocycles. The molecule has 2 aromatic carbocycles. The predicted octanol–water partition coefficient (Wildman–Crippen LogP) is 3.12. The summed E-state index contributed by atoms with van der Waals surface area (Å²) in [6.07, 6.45) is 0.605. The monoisotopic (exact) mass is 397 g/mol. The Kier molecular flexibility index (Phi) is 5.68. The molecule has 0 aliphatic rings. The maximum atomic E-state index is 13.3. The van der Waals surface area contributed by atoms with Crippen LogP contribution in [-0.2, 0) is 11.3 Å². The second-order valence-corrected chi connectivity index (χ2v) is 8.30. The fourth-order valence-electron chi connectivity index (χ4n) is 3.29. The third kappa shape index (κ3) is 4.99. The topological polar surface area (TPSA) is 84.0 Å². The van der Waals surface area contributed by atoms with Crippen molar-refractivity contribution in [3.8, 4) is 0 Å². The zero-order valence-electron chi connectivity index (χ0n) is 16.7. The van der Waals surface area contributed by atoms with Gasteiger partial charge in [-0.3, -0.25) is 14.2 Å². The quantitative estimate of drug-likeness (QED) is 0.694. The first kappa shape index (κ1) is 20.5. The number of fused-ring (bicyclic) bond motifs is 1. The summed E-state index contributed by atoms with van der Waals surface area (Å²) >= 11 is 0. The number of nitrogens with zero attached hydrogens (tertiary/aromatic N) is 1. The fourth-order valence-corrected chi connectivity index (χ4v) is 3.29. The number of carbonyl (C=O) groups excluding carboxylic acids is 1. The Morgan fingerprint density at radius 2 is 1.76 bits per heavy atom. The van der Waals surface area contributed by atoms with Gasteiger partial charge in [0.15, 0.2) is 0 Å². The second kappa shape index (κ2) is 8.03. The second-order valence-electron chi connectivity index (χ2n) is 8.30. The van der Waals surface area contributed by atoms with Gasteiger partial charge in [0.05, 0.1) is 16.9 Å². The molecule has 0 fully saturated rings. The van der Waals surface area contributed by atoms with Crippen LogP contribution in [0.3, 0.4) is 0 Å². The summed E-state index contributed by atoms with van der Waals surface area (Å²) in [5.74, 6) is -0.824. The van der Waals surface area contributed by atoms with Gasteiger partial charge in [-0.25, -0.2) is 9.18 Å². The number of hydrogen-bond donors (Lipinski definition) is 2. The minimum atomic E-state index is -0.641. The number of amides is 1. The lowest BCUT2D eigenvalue weighted by atomic mass is 9.85. The first-order valence-corrected chi connectivity index (χ1v) is 9.41. The molecule has 0 aliphatic heterocycles. The Morgan fingerprint density at radius 1 is 1.10 bits per heavy atom. The molecule has 6 nitrogen and oxygen atoms in total. The minimum absolute atomic E-state index is 0.108. The van der Waals surface area contributed by atoms with Crippen LogP contribution in [0.2, 0.25) is 0 Å². The number of benzene rings is 2. The lowest BCUT2D eigenvalue weighted by Crippen LogP contribution is -2.42. The fraction of sp³-hybridized carbons (Fsp3) is 0.318. The van der Waals surface area contributed by atoms with Crippen LogP contribution in [0.25, 0.3) is 10.9 Å².